The number of ether oxygens (including phenoxy) is 1. The van der Waals surface area contributed by atoms with Gasteiger partial charge in [-0.05, 0) is 68.1 Å². The van der Waals surface area contributed by atoms with Crippen LogP contribution in [0, 0.1) is 23.2 Å². The van der Waals surface area contributed by atoms with E-state index >= 15 is 0 Å². The highest BCUT2D eigenvalue weighted by molar-refractivity contribution is 5.89. The van der Waals surface area contributed by atoms with Crippen molar-refractivity contribution in [3.05, 3.63) is 12.2 Å². The van der Waals surface area contributed by atoms with Crippen LogP contribution in [-0.2, 0) is 9.53 Å². The fraction of sp³-hybridized carbons (Fsp3) is 0.812. The molecule has 0 saturated heterocycles. The fourth-order valence-electron chi connectivity index (χ4n) is 5.16. The quantitative estimate of drug-likeness (QED) is 0.573. The second-order valence-corrected chi connectivity index (χ2v) is 7.28. The first-order chi connectivity index (χ1) is 9.77. The van der Waals surface area contributed by atoms with Crippen molar-refractivity contribution in [3.63, 3.8) is 0 Å². The van der Waals surface area contributed by atoms with E-state index in [9.17, 15) is 18.0 Å². The molecule has 0 heterocycles. The summed E-state index contributed by atoms with van der Waals surface area (Å²) >= 11 is 0. The van der Waals surface area contributed by atoms with Gasteiger partial charge in [0, 0.05) is 0 Å². The normalized spacial score (nSPS) is 37.6. The minimum atomic E-state index is -4.70. The standard InChI is InChI=1S/C16H21F3O2/c1-10(16(17,18)19)14(20)21-3-2-15-7-11-4-12(8-15)6-13(5-11)9-15/h11-13H,1-9H2. The van der Waals surface area contributed by atoms with Gasteiger partial charge in [-0.15, -0.1) is 0 Å². The molecule has 4 aliphatic carbocycles. The van der Waals surface area contributed by atoms with Gasteiger partial charge in [-0.3, -0.25) is 0 Å². The van der Waals surface area contributed by atoms with E-state index in [-0.39, 0.29) is 12.0 Å². The minimum absolute atomic E-state index is 0.0834. The van der Waals surface area contributed by atoms with Crippen molar-refractivity contribution < 1.29 is 22.7 Å². The molecule has 0 radical (unpaired) electrons. The van der Waals surface area contributed by atoms with E-state index in [1.807, 2.05) is 0 Å². The molecule has 4 aliphatic rings. The van der Waals surface area contributed by atoms with Crippen molar-refractivity contribution in [2.45, 2.75) is 51.1 Å². The van der Waals surface area contributed by atoms with Gasteiger partial charge in [-0.2, -0.15) is 13.2 Å². The van der Waals surface area contributed by atoms with E-state index in [0.29, 0.717) is 6.42 Å². The number of alkyl halides is 3. The number of esters is 1. The zero-order valence-corrected chi connectivity index (χ0v) is 12.0. The summed E-state index contributed by atoms with van der Waals surface area (Å²) in [4.78, 5) is 11.3. The van der Waals surface area contributed by atoms with E-state index < -0.39 is 17.7 Å². The first-order valence-electron chi connectivity index (χ1n) is 7.71. The van der Waals surface area contributed by atoms with E-state index in [1.165, 1.54) is 19.3 Å². The first-order valence-corrected chi connectivity index (χ1v) is 7.71. The lowest BCUT2D eigenvalue weighted by Crippen LogP contribution is -2.46. The average molecular weight is 302 g/mol. The lowest BCUT2D eigenvalue weighted by Gasteiger charge is -2.57. The van der Waals surface area contributed by atoms with Gasteiger partial charge in [0.1, 0.15) is 5.57 Å². The molecular formula is C16H21F3O2. The molecule has 4 saturated carbocycles. The maximum Gasteiger partial charge on any atom is 0.422 e. The Hall–Kier alpha value is -1.00. The number of carbonyl (C=O) groups is 1. The van der Waals surface area contributed by atoms with Gasteiger partial charge in [-0.25, -0.2) is 4.79 Å². The molecule has 5 heteroatoms. The van der Waals surface area contributed by atoms with Crippen molar-refractivity contribution in [2.24, 2.45) is 23.2 Å². The van der Waals surface area contributed by atoms with Gasteiger partial charge in [0.25, 0.3) is 0 Å². The molecule has 4 bridgehead atoms. The van der Waals surface area contributed by atoms with Crippen LogP contribution in [0.15, 0.2) is 12.2 Å². The van der Waals surface area contributed by atoms with Crippen LogP contribution in [0.1, 0.15) is 44.9 Å². The van der Waals surface area contributed by atoms with Gasteiger partial charge in [0.05, 0.1) is 6.61 Å². The molecule has 4 rings (SSSR count). The minimum Gasteiger partial charge on any atom is -0.462 e. The number of carbonyl (C=O) groups excluding carboxylic acids is 1. The van der Waals surface area contributed by atoms with Crippen molar-refractivity contribution in [1.29, 1.82) is 0 Å². The molecule has 0 unspecified atom stereocenters. The maximum atomic E-state index is 12.3. The molecule has 0 atom stereocenters. The monoisotopic (exact) mass is 302 g/mol. The summed E-state index contributed by atoms with van der Waals surface area (Å²) in [5.74, 6) is 1.04. The van der Waals surface area contributed by atoms with Crippen molar-refractivity contribution in [1.82, 2.24) is 0 Å². The number of hydrogen-bond donors (Lipinski definition) is 0. The lowest BCUT2D eigenvalue weighted by molar-refractivity contribution is -0.152. The van der Waals surface area contributed by atoms with E-state index in [0.717, 1.165) is 37.0 Å². The van der Waals surface area contributed by atoms with Gasteiger partial charge < -0.3 is 4.74 Å². The Kier molecular flexibility index (Phi) is 3.57. The van der Waals surface area contributed by atoms with Crippen LogP contribution in [-0.4, -0.2) is 18.8 Å². The predicted octanol–water partition coefficient (Wildman–Crippen LogP) is 4.25. The summed E-state index contributed by atoms with van der Waals surface area (Å²) in [6.45, 7) is 2.86. The second kappa shape index (κ2) is 5.03. The van der Waals surface area contributed by atoms with Crippen LogP contribution < -0.4 is 0 Å². The zero-order chi connectivity index (χ0) is 15.3. The molecule has 0 aromatic rings. The Labute approximate surface area is 122 Å². The third-order valence-electron chi connectivity index (χ3n) is 5.62. The average Bonchev–Trinajstić information content (AvgIpc) is 2.34. The van der Waals surface area contributed by atoms with Gasteiger partial charge in [0.15, 0.2) is 0 Å². The number of rotatable bonds is 4. The second-order valence-electron chi connectivity index (χ2n) is 7.28. The van der Waals surface area contributed by atoms with Crippen LogP contribution in [0.4, 0.5) is 13.2 Å². The molecule has 4 fully saturated rings. The van der Waals surface area contributed by atoms with Crippen molar-refractivity contribution in [2.75, 3.05) is 6.61 Å². The molecule has 0 spiro atoms. The molecule has 2 nitrogen and oxygen atoms in total. The topological polar surface area (TPSA) is 26.3 Å². The third kappa shape index (κ3) is 2.97. The van der Waals surface area contributed by atoms with Crippen LogP contribution >= 0.6 is 0 Å². The van der Waals surface area contributed by atoms with Gasteiger partial charge >= 0.3 is 12.1 Å². The third-order valence-corrected chi connectivity index (χ3v) is 5.62. The Morgan fingerprint density at radius 3 is 2.00 bits per heavy atom. The van der Waals surface area contributed by atoms with Crippen LogP contribution in [0.2, 0.25) is 0 Å². The SMILES string of the molecule is C=C(C(=O)OCCC12CC3CC(CC(C3)C1)C2)C(F)(F)F. The Morgan fingerprint density at radius 2 is 1.57 bits per heavy atom. The van der Waals surface area contributed by atoms with Crippen molar-refractivity contribution >= 4 is 5.97 Å². The molecule has 0 N–H and O–H groups in total. The number of halogens is 3. The van der Waals surface area contributed by atoms with Gasteiger partial charge in [-0.1, -0.05) is 6.58 Å². The summed E-state index contributed by atoms with van der Waals surface area (Å²) < 4.78 is 41.8. The van der Waals surface area contributed by atoms with Crippen molar-refractivity contribution in [3.8, 4) is 0 Å². The highest BCUT2D eigenvalue weighted by Gasteiger charge is 2.50. The van der Waals surface area contributed by atoms with E-state index in [4.69, 9.17) is 4.74 Å². The Balaban J connectivity index is 1.52. The highest BCUT2D eigenvalue weighted by Crippen LogP contribution is 2.61. The summed E-state index contributed by atoms with van der Waals surface area (Å²) in [6, 6.07) is 0. The van der Waals surface area contributed by atoms with Crippen LogP contribution in [0.25, 0.3) is 0 Å². The smallest absolute Gasteiger partial charge is 0.422 e. The van der Waals surface area contributed by atoms with Gasteiger partial charge in [0.2, 0.25) is 0 Å². The zero-order valence-electron chi connectivity index (χ0n) is 12.0. The molecule has 0 aromatic carbocycles. The summed E-state index contributed by atoms with van der Waals surface area (Å²) in [6.07, 6.45) is 3.47. The van der Waals surface area contributed by atoms with Crippen LogP contribution in [0.3, 0.4) is 0 Å². The largest absolute Gasteiger partial charge is 0.462 e. The number of hydrogen-bond acceptors (Lipinski definition) is 2. The fourth-order valence-corrected chi connectivity index (χ4v) is 5.16. The molecular weight excluding hydrogens is 281 g/mol. The Bertz CT molecular complexity index is 418. The molecule has 21 heavy (non-hydrogen) atoms. The molecule has 0 amide bonds. The van der Waals surface area contributed by atoms with Crippen LogP contribution in [0.5, 0.6) is 0 Å². The van der Waals surface area contributed by atoms with E-state index in [2.05, 4.69) is 6.58 Å². The molecule has 0 aromatic heterocycles. The predicted molar refractivity (Wildman–Crippen MR) is 71.4 cm³/mol. The molecule has 118 valence electrons. The lowest BCUT2D eigenvalue weighted by atomic mass is 9.49. The van der Waals surface area contributed by atoms with E-state index in [1.54, 1.807) is 0 Å². The summed E-state index contributed by atoms with van der Waals surface area (Å²) in [7, 11) is 0. The molecule has 0 aliphatic heterocycles. The summed E-state index contributed by atoms with van der Waals surface area (Å²) in [5.41, 5.74) is -1.19. The summed E-state index contributed by atoms with van der Waals surface area (Å²) in [5, 5.41) is 0. The Morgan fingerprint density at radius 1 is 1.10 bits per heavy atom. The highest BCUT2D eigenvalue weighted by atomic mass is 19.4. The maximum absolute atomic E-state index is 12.3. The first kappa shape index (κ1) is 14.9.